The number of nitrogens with zero attached hydrogens (tertiary/aromatic N) is 3. The lowest BCUT2D eigenvalue weighted by Crippen LogP contribution is -2.24. The summed E-state index contributed by atoms with van der Waals surface area (Å²) in [7, 11) is 0. The van der Waals surface area contributed by atoms with Gasteiger partial charge in [-0.1, -0.05) is 0 Å². The van der Waals surface area contributed by atoms with Crippen molar-refractivity contribution in [3.05, 3.63) is 47.2 Å². The maximum absolute atomic E-state index is 11.2. The lowest BCUT2D eigenvalue weighted by atomic mass is 9.78. The Morgan fingerprint density at radius 3 is 2.75 bits per heavy atom. The number of aliphatic hydroxyl groups excluding tert-OH is 1. The third-order valence-electron chi connectivity index (χ3n) is 6.16. The molecule has 7 nitrogen and oxygen atoms in total. The van der Waals surface area contributed by atoms with Gasteiger partial charge in [0.2, 0.25) is 11.8 Å². The van der Waals surface area contributed by atoms with Crippen molar-refractivity contribution < 1.29 is 20.1 Å². The van der Waals surface area contributed by atoms with E-state index in [2.05, 4.69) is 11.1 Å². The zero-order valence-corrected chi connectivity index (χ0v) is 15.3. The number of nitriles is 1. The van der Waals surface area contributed by atoms with Crippen molar-refractivity contribution in [1.82, 2.24) is 9.55 Å². The highest BCUT2D eigenvalue weighted by Crippen LogP contribution is 2.65. The number of ether oxygens (including phenoxy) is 1. The van der Waals surface area contributed by atoms with Gasteiger partial charge in [0.1, 0.15) is 11.7 Å². The van der Waals surface area contributed by atoms with Crippen molar-refractivity contribution >= 4 is 10.9 Å². The van der Waals surface area contributed by atoms with Crippen LogP contribution in [0, 0.1) is 11.3 Å². The molecule has 3 aromatic rings. The Balaban J connectivity index is 1.83. The Kier molecular flexibility index (Phi) is 3.33. The summed E-state index contributed by atoms with van der Waals surface area (Å²) in [5.74, 6) is -0.177. The number of fused-ring (bicyclic) bond motifs is 6. The van der Waals surface area contributed by atoms with Crippen LogP contribution in [0.1, 0.15) is 42.9 Å². The zero-order chi connectivity index (χ0) is 19.7. The van der Waals surface area contributed by atoms with Crippen LogP contribution in [0.2, 0.25) is 0 Å². The van der Waals surface area contributed by atoms with Crippen LogP contribution >= 0.6 is 0 Å². The molecule has 3 N–H and O–H groups in total. The molecule has 7 heteroatoms. The van der Waals surface area contributed by atoms with Gasteiger partial charge >= 0.3 is 0 Å². The molecular formula is C21H19N3O4. The number of aliphatic hydroxyl groups is 1. The number of hydrogen-bond acceptors (Lipinski definition) is 6. The highest BCUT2D eigenvalue weighted by Gasteiger charge is 2.61. The van der Waals surface area contributed by atoms with Crippen LogP contribution in [0.25, 0.3) is 16.6 Å². The van der Waals surface area contributed by atoms with Gasteiger partial charge in [-0.2, -0.15) is 5.26 Å². The smallest absolute Gasteiger partial charge is 0.205 e. The minimum atomic E-state index is -0.799. The van der Waals surface area contributed by atoms with Gasteiger partial charge in [-0.3, -0.25) is 9.55 Å². The second kappa shape index (κ2) is 5.47. The lowest BCUT2D eigenvalue weighted by Gasteiger charge is -2.25. The van der Waals surface area contributed by atoms with E-state index in [0.29, 0.717) is 52.5 Å². The summed E-state index contributed by atoms with van der Waals surface area (Å²) >= 11 is 0. The topological polar surface area (TPSA) is 112 Å². The third-order valence-corrected chi connectivity index (χ3v) is 6.16. The van der Waals surface area contributed by atoms with Crippen LogP contribution in [0.3, 0.4) is 0 Å². The van der Waals surface area contributed by atoms with Gasteiger partial charge in [0.05, 0.1) is 33.5 Å². The Morgan fingerprint density at radius 1 is 1.21 bits per heavy atom. The number of aromatic nitrogens is 2. The molecule has 2 aromatic heterocycles. The molecule has 0 saturated carbocycles. The minimum absolute atomic E-state index is 0.0788. The summed E-state index contributed by atoms with van der Waals surface area (Å²) in [4.78, 5) is 4.30. The summed E-state index contributed by atoms with van der Waals surface area (Å²) in [6, 6.07) is 9.00. The normalized spacial score (nSPS) is 25.2. The van der Waals surface area contributed by atoms with Crippen molar-refractivity contribution in [1.29, 1.82) is 5.26 Å². The predicted octanol–water partition coefficient (Wildman–Crippen LogP) is 2.93. The molecule has 2 unspecified atom stereocenters. The summed E-state index contributed by atoms with van der Waals surface area (Å²) in [5.41, 5.74) is 1.08. The fraction of sp³-hybridized carbons (Fsp3) is 0.333. The van der Waals surface area contributed by atoms with E-state index in [0.717, 1.165) is 0 Å². The van der Waals surface area contributed by atoms with Crippen molar-refractivity contribution in [2.45, 2.75) is 37.4 Å². The summed E-state index contributed by atoms with van der Waals surface area (Å²) in [5, 5.41) is 41.9. The van der Waals surface area contributed by atoms with E-state index >= 15 is 0 Å². The molecule has 1 aromatic carbocycles. The second-order valence-corrected chi connectivity index (χ2v) is 7.68. The molecule has 1 fully saturated rings. The molecule has 28 heavy (non-hydrogen) atoms. The predicted molar refractivity (Wildman–Crippen MR) is 100 cm³/mol. The molecule has 0 amide bonds. The quantitative estimate of drug-likeness (QED) is 0.647. The number of rotatable bonds is 3. The number of aromatic hydroxyl groups is 2. The summed E-state index contributed by atoms with van der Waals surface area (Å²) in [6.07, 6.45) is 3.33. The molecule has 4 heterocycles. The van der Waals surface area contributed by atoms with Crippen molar-refractivity contribution in [3.8, 4) is 23.5 Å². The van der Waals surface area contributed by atoms with E-state index in [1.807, 2.05) is 6.92 Å². The monoisotopic (exact) mass is 377 g/mol. The molecule has 2 aliphatic rings. The fourth-order valence-electron chi connectivity index (χ4n) is 4.96. The Morgan fingerprint density at radius 2 is 2.00 bits per heavy atom. The first-order valence-corrected chi connectivity index (χ1v) is 9.22. The highest BCUT2D eigenvalue weighted by atomic mass is 16.5. The SMILES string of the molecule is CC12CCC(CCO)(O1)c1c2c(O)n(-c2ccc(C#N)c3ncccc23)c1O. The minimum Gasteiger partial charge on any atom is -0.494 e. The van der Waals surface area contributed by atoms with E-state index in [-0.39, 0.29) is 18.4 Å². The molecular weight excluding hydrogens is 358 g/mol. The molecule has 2 aliphatic heterocycles. The third kappa shape index (κ3) is 1.91. The zero-order valence-electron chi connectivity index (χ0n) is 15.3. The van der Waals surface area contributed by atoms with Crippen LogP contribution in [0.4, 0.5) is 0 Å². The second-order valence-electron chi connectivity index (χ2n) is 7.68. The molecule has 2 bridgehead atoms. The molecule has 0 aliphatic carbocycles. The molecule has 1 saturated heterocycles. The molecule has 142 valence electrons. The molecule has 5 rings (SSSR count). The fourth-order valence-corrected chi connectivity index (χ4v) is 4.96. The van der Waals surface area contributed by atoms with Gasteiger partial charge in [0.15, 0.2) is 0 Å². The summed E-state index contributed by atoms with van der Waals surface area (Å²) < 4.78 is 7.62. The number of pyridine rings is 1. The largest absolute Gasteiger partial charge is 0.494 e. The average Bonchev–Trinajstić information content (AvgIpc) is 3.26. The standard InChI is InChI=1S/C21H19N3O4/c1-20-6-7-21(28-20,8-10-25)16-15(20)18(26)24(19(16)27)14-5-4-12(11-22)17-13(14)3-2-9-23-17/h2-5,9,25-27H,6-8,10H2,1H3. The van der Waals surface area contributed by atoms with Crippen molar-refractivity contribution in [2.75, 3.05) is 6.61 Å². The van der Waals surface area contributed by atoms with Gasteiger partial charge in [0, 0.05) is 24.6 Å². The van der Waals surface area contributed by atoms with E-state index in [1.54, 1.807) is 30.5 Å². The van der Waals surface area contributed by atoms with Crippen LogP contribution in [-0.2, 0) is 15.9 Å². The van der Waals surface area contributed by atoms with Gasteiger partial charge in [-0.25, -0.2) is 0 Å². The number of benzene rings is 1. The first-order chi connectivity index (χ1) is 13.5. The van der Waals surface area contributed by atoms with Crippen molar-refractivity contribution in [3.63, 3.8) is 0 Å². The van der Waals surface area contributed by atoms with Crippen molar-refractivity contribution in [2.24, 2.45) is 0 Å². The molecule has 0 radical (unpaired) electrons. The van der Waals surface area contributed by atoms with E-state index in [9.17, 15) is 20.6 Å². The first kappa shape index (κ1) is 17.0. The Labute approximate surface area is 161 Å². The van der Waals surface area contributed by atoms with E-state index < -0.39 is 11.2 Å². The van der Waals surface area contributed by atoms with Crippen LogP contribution < -0.4 is 0 Å². The Hall–Kier alpha value is -3.08. The van der Waals surface area contributed by atoms with Gasteiger partial charge in [0.25, 0.3) is 0 Å². The maximum atomic E-state index is 11.2. The van der Waals surface area contributed by atoms with Gasteiger partial charge in [-0.15, -0.1) is 0 Å². The highest BCUT2D eigenvalue weighted by molar-refractivity contribution is 5.92. The van der Waals surface area contributed by atoms with E-state index in [1.165, 1.54) is 4.57 Å². The lowest BCUT2D eigenvalue weighted by molar-refractivity contribution is -0.0887. The number of hydrogen-bond donors (Lipinski definition) is 3. The Bertz CT molecular complexity index is 1170. The van der Waals surface area contributed by atoms with Crippen LogP contribution in [0.15, 0.2) is 30.5 Å². The van der Waals surface area contributed by atoms with Crippen LogP contribution in [0.5, 0.6) is 11.8 Å². The first-order valence-electron chi connectivity index (χ1n) is 9.22. The van der Waals surface area contributed by atoms with Gasteiger partial charge < -0.3 is 20.1 Å². The maximum Gasteiger partial charge on any atom is 0.205 e. The molecule has 2 atom stereocenters. The van der Waals surface area contributed by atoms with Gasteiger partial charge in [-0.05, 0) is 44.0 Å². The average molecular weight is 377 g/mol. The van der Waals surface area contributed by atoms with E-state index in [4.69, 9.17) is 4.74 Å². The summed E-state index contributed by atoms with van der Waals surface area (Å²) in [6.45, 7) is 1.82. The molecule has 0 spiro atoms. The van der Waals surface area contributed by atoms with Crippen LogP contribution in [-0.4, -0.2) is 31.5 Å².